The van der Waals surface area contributed by atoms with Gasteiger partial charge >= 0.3 is 12.1 Å². The molecule has 2 N–H and O–H groups in total. The normalized spacial score (nSPS) is 11.1. The molecule has 1 amide bonds. The van der Waals surface area contributed by atoms with Crippen LogP contribution < -0.4 is 5.32 Å². The zero-order valence-electron chi connectivity index (χ0n) is 9.12. The lowest BCUT2D eigenvalue weighted by Crippen LogP contribution is -2.14. The number of benzene rings is 1. The van der Waals surface area contributed by atoms with Gasteiger partial charge in [0.1, 0.15) is 0 Å². The lowest BCUT2D eigenvalue weighted by Gasteiger charge is -2.09. The number of carboxylic acids is 1. The summed E-state index contributed by atoms with van der Waals surface area (Å²) in [5, 5.41) is 10.6. The number of carboxylic acid groups (broad SMARTS) is 1. The molecule has 4 nitrogen and oxygen atoms in total. The van der Waals surface area contributed by atoms with Crippen LogP contribution in [0.2, 0.25) is 0 Å². The number of halogens is 3. The molecule has 0 saturated carbocycles. The molecule has 0 aliphatic heterocycles. The molecular formula is C11H10F3NO3. The lowest BCUT2D eigenvalue weighted by atomic mass is 10.2. The Labute approximate surface area is 100 Å². The fourth-order valence-corrected chi connectivity index (χ4v) is 1.22. The molecule has 1 rings (SSSR count). The van der Waals surface area contributed by atoms with Crippen LogP contribution in [0.15, 0.2) is 24.3 Å². The van der Waals surface area contributed by atoms with Crippen molar-refractivity contribution in [3.63, 3.8) is 0 Å². The van der Waals surface area contributed by atoms with Crippen LogP contribution in [0.25, 0.3) is 0 Å². The molecule has 0 radical (unpaired) electrons. The van der Waals surface area contributed by atoms with E-state index in [2.05, 4.69) is 5.32 Å². The number of nitrogens with one attached hydrogen (secondary N) is 1. The van der Waals surface area contributed by atoms with E-state index in [-0.39, 0.29) is 18.5 Å². The Hall–Kier alpha value is -2.05. The highest BCUT2D eigenvalue weighted by molar-refractivity contribution is 5.92. The molecule has 0 aromatic heterocycles. The highest BCUT2D eigenvalue weighted by Gasteiger charge is 2.30. The maximum absolute atomic E-state index is 12.4. The van der Waals surface area contributed by atoms with Crippen molar-refractivity contribution >= 4 is 17.6 Å². The summed E-state index contributed by atoms with van der Waals surface area (Å²) in [6.07, 6.45) is -5.14. The first-order valence-corrected chi connectivity index (χ1v) is 4.98. The van der Waals surface area contributed by atoms with Gasteiger partial charge in [-0.25, -0.2) is 0 Å². The number of alkyl halides is 3. The standard InChI is InChI=1S/C11H10F3NO3/c12-11(13,14)7-2-1-3-8(6-7)15-9(16)4-5-10(17)18/h1-3,6H,4-5H2,(H,15,16)(H,17,18). The van der Waals surface area contributed by atoms with Gasteiger partial charge in [0.25, 0.3) is 0 Å². The third-order valence-electron chi connectivity index (χ3n) is 2.04. The van der Waals surface area contributed by atoms with Gasteiger partial charge in [-0.05, 0) is 18.2 Å². The average Bonchev–Trinajstić information content (AvgIpc) is 2.25. The van der Waals surface area contributed by atoms with Gasteiger partial charge in [-0.15, -0.1) is 0 Å². The summed E-state index contributed by atoms with van der Waals surface area (Å²) in [7, 11) is 0. The van der Waals surface area contributed by atoms with E-state index in [9.17, 15) is 22.8 Å². The minimum absolute atomic E-state index is 0.0137. The minimum atomic E-state index is -4.48. The highest BCUT2D eigenvalue weighted by atomic mass is 19.4. The first kappa shape index (κ1) is 14.0. The van der Waals surface area contributed by atoms with Crippen molar-refractivity contribution in [3.05, 3.63) is 29.8 Å². The van der Waals surface area contributed by atoms with E-state index >= 15 is 0 Å². The van der Waals surface area contributed by atoms with Gasteiger partial charge in [0, 0.05) is 12.1 Å². The highest BCUT2D eigenvalue weighted by Crippen LogP contribution is 2.30. The molecule has 1 aromatic carbocycles. The predicted octanol–water partition coefficient (Wildman–Crippen LogP) is 2.51. The second-order valence-electron chi connectivity index (χ2n) is 3.52. The maximum Gasteiger partial charge on any atom is 0.416 e. The summed E-state index contributed by atoms with van der Waals surface area (Å²) >= 11 is 0. The molecule has 0 fully saturated rings. The Kier molecular flexibility index (Phi) is 4.30. The third-order valence-corrected chi connectivity index (χ3v) is 2.04. The number of rotatable bonds is 4. The molecule has 0 bridgehead atoms. The molecule has 1 aromatic rings. The number of aliphatic carboxylic acids is 1. The smallest absolute Gasteiger partial charge is 0.416 e. The first-order valence-electron chi connectivity index (χ1n) is 4.98. The average molecular weight is 261 g/mol. The zero-order chi connectivity index (χ0) is 13.8. The second kappa shape index (κ2) is 5.52. The summed E-state index contributed by atoms with van der Waals surface area (Å²) in [6, 6.07) is 4.13. The molecule has 98 valence electrons. The van der Waals surface area contributed by atoms with Gasteiger partial charge in [-0.1, -0.05) is 6.07 Å². The van der Waals surface area contributed by atoms with Crippen LogP contribution in [0.3, 0.4) is 0 Å². The Morgan fingerprint density at radius 2 is 1.89 bits per heavy atom. The van der Waals surface area contributed by atoms with Crippen LogP contribution in [0, 0.1) is 0 Å². The molecule has 7 heteroatoms. The van der Waals surface area contributed by atoms with Crippen molar-refractivity contribution in [2.75, 3.05) is 5.32 Å². The van der Waals surface area contributed by atoms with Crippen molar-refractivity contribution in [3.8, 4) is 0 Å². The van der Waals surface area contributed by atoms with E-state index in [1.165, 1.54) is 6.07 Å². The number of hydrogen-bond donors (Lipinski definition) is 2. The van der Waals surface area contributed by atoms with Crippen LogP contribution in [-0.2, 0) is 15.8 Å². The quantitative estimate of drug-likeness (QED) is 0.875. The second-order valence-corrected chi connectivity index (χ2v) is 3.52. The van der Waals surface area contributed by atoms with Crippen LogP contribution >= 0.6 is 0 Å². The number of carbonyl (C=O) groups excluding carboxylic acids is 1. The third kappa shape index (κ3) is 4.44. The Morgan fingerprint density at radius 3 is 2.44 bits per heavy atom. The van der Waals surface area contributed by atoms with Crippen molar-refractivity contribution in [2.24, 2.45) is 0 Å². The van der Waals surface area contributed by atoms with Crippen molar-refractivity contribution in [2.45, 2.75) is 19.0 Å². The molecule has 0 heterocycles. The van der Waals surface area contributed by atoms with E-state index < -0.39 is 23.6 Å². The van der Waals surface area contributed by atoms with E-state index in [0.717, 1.165) is 18.2 Å². The van der Waals surface area contributed by atoms with Crippen LogP contribution in [0.5, 0.6) is 0 Å². The summed E-state index contributed by atoms with van der Waals surface area (Å²) in [4.78, 5) is 21.4. The Bertz CT molecular complexity index is 457. The minimum Gasteiger partial charge on any atom is -0.481 e. The van der Waals surface area contributed by atoms with Crippen molar-refractivity contribution in [1.82, 2.24) is 0 Å². The fourth-order valence-electron chi connectivity index (χ4n) is 1.22. The number of amides is 1. The number of hydrogen-bond acceptors (Lipinski definition) is 2. The first-order chi connectivity index (χ1) is 8.29. The molecule has 0 aliphatic carbocycles. The van der Waals surface area contributed by atoms with E-state index in [1.54, 1.807) is 0 Å². The van der Waals surface area contributed by atoms with Crippen LogP contribution in [0.1, 0.15) is 18.4 Å². The van der Waals surface area contributed by atoms with Gasteiger partial charge in [0.05, 0.1) is 12.0 Å². The van der Waals surface area contributed by atoms with Crippen molar-refractivity contribution < 1.29 is 27.9 Å². The fraction of sp³-hybridized carbons (Fsp3) is 0.273. The van der Waals surface area contributed by atoms with Crippen LogP contribution in [0.4, 0.5) is 18.9 Å². The van der Waals surface area contributed by atoms with Gasteiger partial charge in [0.2, 0.25) is 5.91 Å². The predicted molar refractivity (Wildman–Crippen MR) is 56.9 cm³/mol. The number of carbonyl (C=O) groups is 2. The molecule has 0 unspecified atom stereocenters. The SMILES string of the molecule is O=C(O)CCC(=O)Nc1cccc(C(F)(F)F)c1. The van der Waals surface area contributed by atoms with E-state index in [0.29, 0.717) is 0 Å². The maximum atomic E-state index is 12.4. The zero-order valence-corrected chi connectivity index (χ0v) is 9.12. The molecular weight excluding hydrogens is 251 g/mol. The molecule has 18 heavy (non-hydrogen) atoms. The largest absolute Gasteiger partial charge is 0.481 e. The van der Waals surface area contributed by atoms with Gasteiger partial charge in [-0.2, -0.15) is 13.2 Å². The van der Waals surface area contributed by atoms with Gasteiger partial charge in [0.15, 0.2) is 0 Å². The summed E-state index contributed by atoms with van der Waals surface area (Å²) in [5.41, 5.74) is -0.890. The van der Waals surface area contributed by atoms with Crippen molar-refractivity contribution in [1.29, 1.82) is 0 Å². The molecule has 0 atom stereocenters. The van der Waals surface area contributed by atoms with Gasteiger partial charge < -0.3 is 10.4 Å². The van der Waals surface area contributed by atoms with Crippen LogP contribution in [-0.4, -0.2) is 17.0 Å². The molecule has 0 aliphatic rings. The number of anilines is 1. The molecule has 0 spiro atoms. The monoisotopic (exact) mass is 261 g/mol. The Morgan fingerprint density at radius 1 is 1.22 bits per heavy atom. The van der Waals surface area contributed by atoms with Gasteiger partial charge in [-0.3, -0.25) is 9.59 Å². The summed E-state index contributed by atoms with van der Waals surface area (Å²) in [5.74, 6) is -1.79. The topological polar surface area (TPSA) is 66.4 Å². The molecule has 0 saturated heterocycles. The summed E-state index contributed by atoms with van der Waals surface area (Å²) < 4.78 is 37.1. The lowest BCUT2D eigenvalue weighted by molar-refractivity contribution is -0.138. The Balaban J connectivity index is 2.68. The van der Waals surface area contributed by atoms with E-state index in [1.807, 2.05) is 0 Å². The van der Waals surface area contributed by atoms with E-state index in [4.69, 9.17) is 5.11 Å². The summed E-state index contributed by atoms with van der Waals surface area (Å²) in [6.45, 7) is 0.